The zero-order valence-electron chi connectivity index (χ0n) is 9.39. The van der Waals surface area contributed by atoms with Crippen LogP contribution in [-0.2, 0) is 22.5 Å². The molecule has 1 aromatic heterocycles. The van der Waals surface area contributed by atoms with Gasteiger partial charge in [0, 0.05) is 18.6 Å². The van der Waals surface area contributed by atoms with E-state index in [1.165, 1.54) is 0 Å². The predicted octanol–water partition coefficient (Wildman–Crippen LogP) is 0.615. The normalized spacial score (nSPS) is 23.6. The fourth-order valence-electron chi connectivity index (χ4n) is 2.45. The highest BCUT2D eigenvalue weighted by Crippen LogP contribution is 2.27. The number of carboxylic acid groups (broad SMARTS) is 1. The maximum absolute atomic E-state index is 11.2. The number of aromatic carboxylic acids is 1. The van der Waals surface area contributed by atoms with Crippen LogP contribution in [0.5, 0.6) is 0 Å². The molecule has 6 nitrogen and oxygen atoms in total. The molecule has 0 amide bonds. The van der Waals surface area contributed by atoms with Gasteiger partial charge in [-0.25, -0.2) is 4.79 Å². The molecule has 0 spiro atoms. The lowest BCUT2D eigenvalue weighted by Gasteiger charge is -2.17. The van der Waals surface area contributed by atoms with Gasteiger partial charge in [0.15, 0.2) is 5.69 Å². The molecule has 3 rings (SSSR count). The van der Waals surface area contributed by atoms with Gasteiger partial charge in [-0.3, -0.25) is 4.68 Å². The Balaban J connectivity index is 2.05. The summed E-state index contributed by atoms with van der Waals surface area (Å²) in [4.78, 5) is 11.2. The lowest BCUT2D eigenvalue weighted by atomic mass is 10.1. The van der Waals surface area contributed by atoms with Gasteiger partial charge in [-0.1, -0.05) is 0 Å². The van der Waals surface area contributed by atoms with E-state index in [0.717, 1.165) is 17.7 Å². The highest BCUT2D eigenvalue weighted by Gasteiger charge is 2.29. The Hall–Kier alpha value is -1.40. The molecule has 3 heterocycles. The minimum absolute atomic E-state index is 0.151. The van der Waals surface area contributed by atoms with Crippen LogP contribution in [-0.4, -0.2) is 40.7 Å². The summed E-state index contributed by atoms with van der Waals surface area (Å²) in [6.07, 6.45) is 1.51. The Morgan fingerprint density at radius 2 is 2.29 bits per heavy atom. The molecule has 92 valence electrons. The van der Waals surface area contributed by atoms with Gasteiger partial charge in [0.05, 0.1) is 31.6 Å². The number of hydrogen-bond donors (Lipinski definition) is 1. The molecule has 2 aliphatic rings. The van der Waals surface area contributed by atoms with Crippen LogP contribution in [0.25, 0.3) is 0 Å². The van der Waals surface area contributed by atoms with E-state index in [4.69, 9.17) is 14.6 Å². The number of nitrogens with zero attached hydrogens (tertiary/aromatic N) is 2. The molecule has 1 saturated heterocycles. The molecular formula is C11H14N2O4. The van der Waals surface area contributed by atoms with Crippen LogP contribution in [0.2, 0.25) is 0 Å². The summed E-state index contributed by atoms with van der Waals surface area (Å²) in [7, 11) is 0. The lowest BCUT2D eigenvalue weighted by molar-refractivity contribution is 0.0686. The van der Waals surface area contributed by atoms with Crippen LogP contribution in [0.1, 0.15) is 34.2 Å². The van der Waals surface area contributed by atoms with E-state index < -0.39 is 5.97 Å². The van der Waals surface area contributed by atoms with E-state index in [0.29, 0.717) is 32.8 Å². The van der Waals surface area contributed by atoms with Gasteiger partial charge < -0.3 is 14.6 Å². The van der Waals surface area contributed by atoms with E-state index >= 15 is 0 Å². The van der Waals surface area contributed by atoms with E-state index in [-0.39, 0.29) is 11.7 Å². The summed E-state index contributed by atoms with van der Waals surface area (Å²) < 4.78 is 12.5. The molecule has 0 saturated carbocycles. The van der Waals surface area contributed by atoms with Crippen molar-refractivity contribution in [3.8, 4) is 0 Å². The molecule has 1 N–H and O–H groups in total. The van der Waals surface area contributed by atoms with Gasteiger partial charge in [-0.2, -0.15) is 5.10 Å². The summed E-state index contributed by atoms with van der Waals surface area (Å²) in [6, 6.07) is 0.151. The van der Waals surface area contributed by atoms with E-state index in [1.54, 1.807) is 4.68 Å². The summed E-state index contributed by atoms with van der Waals surface area (Å²) in [6.45, 7) is 2.34. The molecule has 6 heteroatoms. The summed E-state index contributed by atoms with van der Waals surface area (Å²) in [5.41, 5.74) is 1.91. The zero-order chi connectivity index (χ0) is 11.8. The van der Waals surface area contributed by atoms with Gasteiger partial charge in [-0.05, 0) is 6.42 Å². The van der Waals surface area contributed by atoms with Gasteiger partial charge in [0.1, 0.15) is 0 Å². The molecule has 17 heavy (non-hydrogen) atoms. The van der Waals surface area contributed by atoms with Gasteiger partial charge in [-0.15, -0.1) is 0 Å². The Bertz CT molecular complexity index is 449. The topological polar surface area (TPSA) is 73.6 Å². The van der Waals surface area contributed by atoms with Crippen molar-refractivity contribution in [3.05, 3.63) is 17.0 Å². The van der Waals surface area contributed by atoms with E-state index in [1.807, 2.05) is 0 Å². The Morgan fingerprint density at radius 1 is 1.41 bits per heavy atom. The first-order chi connectivity index (χ1) is 8.27. The highest BCUT2D eigenvalue weighted by atomic mass is 16.5. The van der Waals surface area contributed by atoms with Crippen LogP contribution < -0.4 is 0 Å². The van der Waals surface area contributed by atoms with Crippen molar-refractivity contribution in [1.82, 2.24) is 9.78 Å². The first-order valence-corrected chi connectivity index (χ1v) is 5.76. The van der Waals surface area contributed by atoms with Crippen LogP contribution in [0, 0.1) is 0 Å². The molecule has 1 aromatic rings. The largest absolute Gasteiger partial charge is 0.476 e. The zero-order valence-corrected chi connectivity index (χ0v) is 9.39. The predicted molar refractivity (Wildman–Crippen MR) is 57.0 cm³/mol. The molecule has 2 aliphatic heterocycles. The standard InChI is InChI=1S/C11H14N2O4/c14-11(15)10-8-2-4-17-6-9(8)13(12-10)7-1-3-16-5-7/h7H,1-6H2,(H,14,15). The van der Waals surface area contributed by atoms with Crippen molar-refractivity contribution >= 4 is 5.97 Å². The number of ether oxygens (including phenoxy) is 2. The second-order valence-corrected chi connectivity index (χ2v) is 4.34. The molecule has 0 radical (unpaired) electrons. The van der Waals surface area contributed by atoms with Crippen LogP contribution >= 0.6 is 0 Å². The van der Waals surface area contributed by atoms with Crippen molar-refractivity contribution in [2.45, 2.75) is 25.5 Å². The molecule has 0 bridgehead atoms. The smallest absolute Gasteiger partial charge is 0.356 e. The average Bonchev–Trinajstić information content (AvgIpc) is 2.95. The third-order valence-electron chi connectivity index (χ3n) is 3.31. The maximum atomic E-state index is 11.2. The van der Waals surface area contributed by atoms with Gasteiger partial charge >= 0.3 is 5.97 Å². The fraction of sp³-hybridized carbons (Fsp3) is 0.636. The lowest BCUT2D eigenvalue weighted by Crippen LogP contribution is -2.18. The van der Waals surface area contributed by atoms with Crippen LogP contribution in [0.15, 0.2) is 0 Å². The third-order valence-corrected chi connectivity index (χ3v) is 3.31. The summed E-state index contributed by atoms with van der Waals surface area (Å²) >= 11 is 0. The van der Waals surface area contributed by atoms with E-state index in [9.17, 15) is 4.79 Å². The first kappa shape index (κ1) is 10.7. The quantitative estimate of drug-likeness (QED) is 0.817. The Morgan fingerprint density at radius 3 is 3.00 bits per heavy atom. The van der Waals surface area contributed by atoms with Gasteiger partial charge in [0.2, 0.25) is 0 Å². The van der Waals surface area contributed by atoms with Crippen LogP contribution in [0.4, 0.5) is 0 Å². The van der Waals surface area contributed by atoms with Crippen molar-refractivity contribution in [2.75, 3.05) is 19.8 Å². The number of rotatable bonds is 2. The van der Waals surface area contributed by atoms with Crippen molar-refractivity contribution < 1.29 is 19.4 Å². The van der Waals surface area contributed by atoms with Crippen molar-refractivity contribution in [1.29, 1.82) is 0 Å². The average molecular weight is 238 g/mol. The molecule has 1 unspecified atom stereocenters. The minimum atomic E-state index is -0.958. The van der Waals surface area contributed by atoms with Crippen LogP contribution in [0.3, 0.4) is 0 Å². The number of aromatic nitrogens is 2. The monoisotopic (exact) mass is 238 g/mol. The Labute approximate surface area is 98.1 Å². The molecule has 0 aromatic carbocycles. The minimum Gasteiger partial charge on any atom is -0.476 e. The molecule has 1 fully saturated rings. The van der Waals surface area contributed by atoms with Gasteiger partial charge in [0.25, 0.3) is 0 Å². The summed E-state index contributed by atoms with van der Waals surface area (Å²) in [5, 5.41) is 13.4. The fourth-order valence-corrected chi connectivity index (χ4v) is 2.45. The van der Waals surface area contributed by atoms with Crippen molar-refractivity contribution in [2.24, 2.45) is 0 Å². The van der Waals surface area contributed by atoms with Crippen molar-refractivity contribution in [3.63, 3.8) is 0 Å². The molecule has 0 aliphatic carbocycles. The maximum Gasteiger partial charge on any atom is 0.356 e. The second-order valence-electron chi connectivity index (χ2n) is 4.34. The number of fused-ring (bicyclic) bond motifs is 1. The number of carbonyl (C=O) groups is 1. The number of carboxylic acids is 1. The summed E-state index contributed by atoms with van der Waals surface area (Å²) in [5.74, 6) is -0.958. The molecule has 1 atom stereocenters. The Kier molecular flexibility index (Phi) is 2.60. The first-order valence-electron chi connectivity index (χ1n) is 5.76. The SMILES string of the molecule is O=C(O)c1nn(C2CCOC2)c2c1CCOC2. The second kappa shape index (κ2) is 4.12. The number of hydrogen-bond acceptors (Lipinski definition) is 4. The molecular weight excluding hydrogens is 224 g/mol. The van der Waals surface area contributed by atoms with E-state index in [2.05, 4.69) is 5.10 Å². The third kappa shape index (κ3) is 1.73. The highest BCUT2D eigenvalue weighted by molar-refractivity contribution is 5.87.